The second kappa shape index (κ2) is 7.56. The number of hydrogen-bond donors (Lipinski definition) is 1. The third-order valence-corrected chi connectivity index (χ3v) is 4.89. The Labute approximate surface area is 156 Å². The van der Waals surface area contributed by atoms with Gasteiger partial charge in [-0.3, -0.25) is 9.36 Å². The summed E-state index contributed by atoms with van der Waals surface area (Å²) >= 11 is 5.89. The van der Waals surface area contributed by atoms with E-state index in [1.165, 1.54) is 6.07 Å². The molecule has 1 heterocycles. The fraction of sp³-hybridized carbons (Fsp3) is 0.300. The summed E-state index contributed by atoms with van der Waals surface area (Å²) in [5.41, 5.74) is 7.04. The van der Waals surface area contributed by atoms with E-state index in [1.807, 2.05) is 44.2 Å². The van der Waals surface area contributed by atoms with E-state index in [1.54, 1.807) is 4.57 Å². The van der Waals surface area contributed by atoms with Crippen LogP contribution in [0.3, 0.4) is 0 Å². The SMILES string of the molecule is CC(C)C(CN)c1nc2cc(Cl)c(F)cc2c(=O)n1Cc1ccccc1. The maximum atomic E-state index is 13.9. The molecule has 3 rings (SSSR count). The van der Waals surface area contributed by atoms with E-state index in [2.05, 4.69) is 4.98 Å². The summed E-state index contributed by atoms with van der Waals surface area (Å²) in [5.74, 6) is 0.0739. The van der Waals surface area contributed by atoms with Gasteiger partial charge in [0.15, 0.2) is 0 Å². The monoisotopic (exact) mass is 373 g/mol. The first kappa shape index (κ1) is 18.5. The molecule has 26 heavy (non-hydrogen) atoms. The summed E-state index contributed by atoms with van der Waals surface area (Å²) < 4.78 is 15.5. The lowest BCUT2D eigenvalue weighted by atomic mass is 9.94. The molecule has 0 aliphatic rings. The Morgan fingerprint density at radius 2 is 1.92 bits per heavy atom. The number of nitrogens with two attached hydrogens (primary N) is 1. The highest BCUT2D eigenvalue weighted by molar-refractivity contribution is 6.31. The minimum atomic E-state index is -0.628. The first-order valence-corrected chi connectivity index (χ1v) is 8.93. The zero-order chi connectivity index (χ0) is 18.8. The molecule has 0 saturated heterocycles. The fourth-order valence-corrected chi connectivity index (χ4v) is 3.27. The highest BCUT2D eigenvalue weighted by atomic mass is 35.5. The molecule has 0 aliphatic heterocycles. The Bertz CT molecular complexity index is 986. The van der Waals surface area contributed by atoms with E-state index in [9.17, 15) is 9.18 Å². The van der Waals surface area contributed by atoms with Gasteiger partial charge in [-0.2, -0.15) is 0 Å². The number of fused-ring (bicyclic) bond motifs is 1. The van der Waals surface area contributed by atoms with Crippen molar-refractivity contribution in [1.82, 2.24) is 9.55 Å². The summed E-state index contributed by atoms with van der Waals surface area (Å²) in [6.07, 6.45) is 0. The van der Waals surface area contributed by atoms with Crippen LogP contribution >= 0.6 is 11.6 Å². The largest absolute Gasteiger partial charge is 0.330 e. The van der Waals surface area contributed by atoms with Crippen LogP contribution in [0.5, 0.6) is 0 Å². The van der Waals surface area contributed by atoms with Gasteiger partial charge in [0.25, 0.3) is 5.56 Å². The van der Waals surface area contributed by atoms with Gasteiger partial charge in [-0.15, -0.1) is 0 Å². The van der Waals surface area contributed by atoms with Gasteiger partial charge in [0.2, 0.25) is 0 Å². The van der Waals surface area contributed by atoms with Crippen LogP contribution < -0.4 is 11.3 Å². The number of benzene rings is 2. The van der Waals surface area contributed by atoms with Crippen LogP contribution in [-0.4, -0.2) is 16.1 Å². The molecule has 0 bridgehead atoms. The number of halogens is 2. The zero-order valence-corrected chi connectivity index (χ0v) is 15.5. The minimum absolute atomic E-state index is 0.0509. The standard InChI is InChI=1S/C20H21ClFN3O/c1-12(2)15(10-23)19-24-18-9-16(21)17(22)8-14(18)20(26)25(19)11-13-6-4-3-5-7-13/h3-9,12,15H,10-11,23H2,1-2H3. The zero-order valence-electron chi connectivity index (χ0n) is 14.7. The maximum absolute atomic E-state index is 13.9. The molecule has 1 unspecified atom stereocenters. The van der Waals surface area contributed by atoms with Crippen molar-refractivity contribution in [3.05, 3.63) is 75.0 Å². The van der Waals surface area contributed by atoms with Gasteiger partial charge in [0, 0.05) is 12.5 Å². The second-order valence-corrected chi connectivity index (χ2v) is 7.12. The highest BCUT2D eigenvalue weighted by Crippen LogP contribution is 2.25. The third kappa shape index (κ3) is 3.50. The average molecular weight is 374 g/mol. The highest BCUT2D eigenvalue weighted by Gasteiger charge is 2.22. The third-order valence-electron chi connectivity index (χ3n) is 4.60. The van der Waals surface area contributed by atoms with Crippen molar-refractivity contribution < 1.29 is 4.39 Å². The molecule has 0 amide bonds. The summed E-state index contributed by atoms with van der Waals surface area (Å²) in [6.45, 7) is 4.79. The van der Waals surface area contributed by atoms with Crippen LogP contribution in [0, 0.1) is 11.7 Å². The molecule has 0 radical (unpaired) electrons. The molecule has 1 atom stereocenters. The fourth-order valence-electron chi connectivity index (χ4n) is 3.11. The van der Waals surface area contributed by atoms with E-state index in [4.69, 9.17) is 17.3 Å². The summed E-state index contributed by atoms with van der Waals surface area (Å²) in [4.78, 5) is 17.8. The van der Waals surface area contributed by atoms with Crippen LogP contribution in [0.1, 0.15) is 31.2 Å². The van der Waals surface area contributed by atoms with Gasteiger partial charge < -0.3 is 5.73 Å². The molecule has 136 valence electrons. The molecule has 0 spiro atoms. The van der Waals surface area contributed by atoms with Gasteiger partial charge in [-0.05, 0) is 23.6 Å². The van der Waals surface area contributed by atoms with Crippen LogP contribution in [0.2, 0.25) is 5.02 Å². The molecular formula is C20H21ClFN3O. The molecule has 4 nitrogen and oxygen atoms in total. The van der Waals surface area contributed by atoms with E-state index >= 15 is 0 Å². The van der Waals surface area contributed by atoms with Gasteiger partial charge in [-0.25, -0.2) is 9.37 Å². The van der Waals surface area contributed by atoms with Gasteiger partial charge >= 0.3 is 0 Å². The number of hydrogen-bond acceptors (Lipinski definition) is 3. The van der Waals surface area contributed by atoms with Crippen molar-refractivity contribution in [3.63, 3.8) is 0 Å². The van der Waals surface area contributed by atoms with Crippen molar-refractivity contribution in [2.24, 2.45) is 11.7 Å². The number of aromatic nitrogens is 2. The number of rotatable bonds is 5. The molecule has 0 aliphatic carbocycles. The Morgan fingerprint density at radius 1 is 1.23 bits per heavy atom. The van der Waals surface area contributed by atoms with Crippen molar-refractivity contribution in [3.8, 4) is 0 Å². The summed E-state index contributed by atoms with van der Waals surface area (Å²) in [5, 5.41) is 0.163. The van der Waals surface area contributed by atoms with E-state index < -0.39 is 5.82 Å². The first-order chi connectivity index (χ1) is 12.4. The Balaban J connectivity index is 2.29. The number of nitrogens with zero attached hydrogens (tertiary/aromatic N) is 2. The van der Waals surface area contributed by atoms with Crippen molar-refractivity contribution in [1.29, 1.82) is 0 Å². The molecule has 2 N–H and O–H groups in total. The van der Waals surface area contributed by atoms with Crippen LogP contribution in [0.15, 0.2) is 47.3 Å². The van der Waals surface area contributed by atoms with Crippen LogP contribution in [0.4, 0.5) is 4.39 Å². The van der Waals surface area contributed by atoms with Gasteiger partial charge in [0.05, 0.1) is 22.5 Å². The molecule has 3 aromatic rings. The maximum Gasteiger partial charge on any atom is 0.261 e. The predicted molar refractivity (Wildman–Crippen MR) is 103 cm³/mol. The Kier molecular flexibility index (Phi) is 5.39. The molecule has 0 saturated carbocycles. The average Bonchev–Trinajstić information content (AvgIpc) is 2.61. The van der Waals surface area contributed by atoms with E-state index in [0.717, 1.165) is 11.6 Å². The smallest absolute Gasteiger partial charge is 0.261 e. The van der Waals surface area contributed by atoms with Gasteiger partial charge in [-0.1, -0.05) is 55.8 Å². The summed E-state index contributed by atoms with van der Waals surface area (Å²) in [6, 6.07) is 12.2. The van der Waals surface area contributed by atoms with Crippen molar-refractivity contribution >= 4 is 22.5 Å². The van der Waals surface area contributed by atoms with Gasteiger partial charge in [0.1, 0.15) is 11.6 Å². The topological polar surface area (TPSA) is 60.9 Å². The van der Waals surface area contributed by atoms with Crippen molar-refractivity contribution in [2.75, 3.05) is 6.54 Å². The predicted octanol–water partition coefficient (Wildman–Crippen LogP) is 3.94. The molecule has 0 fully saturated rings. The minimum Gasteiger partial charge on any atom is -0.330 e. The molecular weight excluding hydrogens is 353 g/mol. The molecule has 1 aromatic heterocycles. The quantitative estimate of drug-likeness (QED) is 0.737. The van der Waals surface area contributed by atoms with E-state index in [-0.39, 0.29) is 27.8 Å². The lowest BCUT2D eigenvalue weighted by molar-refractivity contribution is 0.458. The molecule has 2 aromatic carbocycles. The van der Waals surface area contributed by atoms with Crippen LogP contribution in [0.25, 0.3) is 10.9 Å². The first-order valence-electron chi connectivity index (χ1n) is 8.55. The molecule has 6 heteroatoms. The Hall–Kier alpha value is -2.24. The lowest BCUT2D eigenvalue weighted by Gasteiger charge is -2.23. The van der Waals surface area contributed by atoms with Crippen LogP contribution in [-0.2, 0) is 6.54 Å². The lowest BCUT2D eigenvalue weighted by Crippen LogP contribution is -2.31. The van der Waals surface area contributed by atoms with E-state index in [0.29, 0.717) is 24.4 Å². The normalized spacial score (nSPS) is 12.7. The summed E-state index contributed by atoms with van der Waals surface area (Å²) in [7, 11) is 0. The second-order valence-electron chi connectivity index (χ2n) is 6.72. The van der Waals surface area contributed by atoms with Crippen molar-refractivity contribution in [2.45, 2.75) is 26.3 Å². The Morgan fingerprint density at radius 3 is 2.54 bits per heavy atom.